The largest absolute Gasteiger partial charge is 0.323 e. The fourth-order valence-corrected chi connectivity index (χ4v) is 2.82. The molecule has 0 saturated heterocycles. The molecule has 1 fully saturated rings. The van der Waals surface area contributed by atoms with Crippen LogP contribution in [0.4, 0.5) is 11.4 Å². The van der Waals surface area contributed by atoms with E-state index in [2.05, 4.69) is 5.32 Å². The highest BCUT2D eigenvalue weighted by Gasteiger charge is 2.32. The number of hydrogen-bond donors (Lipinski definition) is 1. The van der Waals surface area contributed by atoms with Crippen molar-refractivity contribution in [2.24, 2.45) is 5.92 Å². The summed E-state index contributed by atoms with van der Waals surface area (Å²) in [4.78, 5) is 25.7. The zero-order valence-electron chi connectivity index (χ0n) is 10.2. The minimum Gasteiger partial charge on any atom is -0.323 e. The van der Waals surface area contributed by atoms with E-state index < -0.39 is 0 Å². The van der Waals surface area contributed by atoms with E-state index in [1.807, 2.05) is 24.3 Å². The fourth-order valence-electron chi connectivity index (χ4n) is 2.82. The lowest BCUT2D eigenvalue weighted by Crippen LogP contribution is -2.44. The first-order valence-electron chi connectivity index (χ1n) is 6.46. The molecule has 18 heavy (non-hydrogen) atoms. The van der Waals surface area contributed by atoms with Gasteiger partial charge in [-0.15, -0.1) is 0 Å². The van der Waals surface area contributed by atoms with E-state index in [0.717, 1.165) is 37.1 Å². The predicted octanol–water partition coefficient (Wildman–Crippen LogP) is 2.16. The van der Waals surface area contributed by atoms with E-state index in [4.69, 9.17) is 0 Å². The molecule has 1 N–H and O–H groups in total. The first-order chi connectivity index (χ1) is 8.75. The van der Waals surface area contributed by atoms with Crippen molar-refractivity contribution in [2.45, 2.75) is 25.7 Å². The van der Waals surface area contributed by atoms with Gasteiger partial charge < -0.3 is 10.2 Å². The number of benzene rings is 1. The molecule has 0 bridgehead atoms. The van der Waals surface area contributed by atoms with Crippen molar-refractivity contribution in [3.05, 3.63) is 24.3 Å². The topological polar surface area (TPSA) is 49.4 Å². The molecule has 1 heterocycles. The van der Waals surface area contributed by atoms with Crippen LogP contribution in [-0.4, -0.2) is 18.4 Å². The third-order valence-corrected chi connectivity index (χ3v) is 3.74. The molecule has 2 aliphatic rings. The molecule has 0 unspecified atom stereocenters. The lowest BCUT2D eigenvalue weighted by Gasteiger charge is -2.31. The van der Waals surface area contributed by atoms with Crippen LogP contribution in [0.15, 0.2) is 24.3 Å². The highest BCUT2D eigenvalue weighted by atomic mass is 16.2. The van der Waals surface area contributed by atoms with Crippen LogP contribution in [-0.2, 0) is 9.59 Å². The van der Waals surface area contributed by atoms with Crippen molar-refractivity contribution in [1.29, 1.82) is 0 Å². The Bertz CT molecular complexity index is 492. The maximum Gasteiger partial charge on any atom is 0.244 e. The first kappa shape index (κ1) is 11.3. The lowest BCUT2D eigenvalue weighted by molar-refractivity contribution is -0.124. The van der Waals surface area contributed by atoms with Crippen molar-refractivity contribution in [2.75, 3.05) is 16.8 Å². The van der Waals surface area contributed by atoms with Gasteiger partial charge in [0.15, 0.2) is 0 Å². The van der Waals surface area contributed by atoms with Gasteiger partial charge in [0, 0.05) is 5.92 Å². The van der Waals surface area contributed by atoms with E-state index in [9.17, 15) is 9.59 Å². The van der Waals surface area contributed by atoms with Gasteiger partial charge in [-0.2, -0.15) is 0 Å². The predicted molar refractivity (Wildman–Crippen MR) is 69.4 cm³/mol. The summed E-state index contributed by atoms with van der Waals surface area (Å²) in [6.45, 7) is 0.145. The van der Waals surface area contributed by atoms with Gasteiger partial charge in [0.05, 0.1) is 11.4 Å². The highest BCUT2D eigenvalue weighted by Crippen LogP contribution is 2.33. The molecule has 0 radical (unpaired) electrons. The summed E-state index contributed by atoms with van der Waals surface area (Å²) in [5.41, 5.74) is 1.56. The number of rotatable bonds is 1. The van der Waals surface area contributed by atoms with Crippen LogP contribution < -0.4 is 10.2 Å². The third kappa shape index (κ3) is 1.88. The molecule has 1 aromatic rings. The molecule has 0 atom stereocenters. The van der Waals surface area contributed by atoms with Crippen molar-refractivity contribution in [3.63, 3.8) is 0 Å². The van der Waals surface area contributed by atoms with Crippen LogP contribution in [0, 0.1) is 5.92 Å². The lowest BCUT2D eigenvalue weighted by atomic mass is 10.0. The Morgan fingerprint density at radius 1 is 1.22 bits per heavy atom. The number of hydrogen-bond acceptors (Lipinski definition) is 2. The maximum atomic E-state index is 12.5. The van der Waals surface area contributed by atoms with E-state index in [0.29, 0.717) is 0 Å². The number of carbonyl (C=O) groups is 2. The number of anilines is 2. The second-order valence-corrected chi connectivity index (χ2v) is 4.97. The van der Waals surface area contributed by atoms with Crippen LogP contribution in [0.3, 0.4) is 0 Å². The van der Waals surface area contributed by atoms with Gasteiger partial charge >= 0.3 is 0 Å². The molecule has 1 saturated carbocycles. The first-order valence-corrected chi connectivity index (χ1v) is 6.46. The summed E-state index contributed by atoms with van der Waals surface area (Å²) in [5.74, 6) is 0.0961. The molecule has 0 spiro atoms. The average Bonchev–Trinajstić information content (AvgIpc) is 2.90. The molecular formula is C14H16N2O2. The van der Waals surface area contributed by atoms with E-state index >= 15 is 0 Å². The van der Waals surface area contributed by atoms with E-state index in [1.165, 1.54) is 0 Å². The van der Waals surface area contributed by atoms with Gasteiger partial charge in [0.1, 0.15) is 6.54 Å². The van der Waals surface area contributed by atoms with Crippen LogP contribution in [0.2, 0.25) is 0 Å². The second kappa shape index (κ2) is 4.44. The molecule has 1 aliphatic carbocycles. The van der Waals surface area contributed by atoms with Crippen LogP contribution in [0.1, 0.15) is 25.7 Å². The molecule has 3 rings (SSSR count). The Labute approximate surface area is 106 Å². The fraction of sp³-hybridized carbons (Fsp3) is 0.429. The number of para-hydroxylation sites is 2. The zero-order valence-corrected chi connectivity index (χ0v) is 10.2. The summed E-state index contributed by atoms with van der Waals surface area (Å²) in [5, 5.41) is 2.80. The van der Waals surface area contributed by atoms with Crippen LogP contribution in [0.25, 0.3) is 0 Å². The second-order valence-electron chi connectivity index (χ2n) is 4.97. The number of amides is 2. The SMILES string of the molecule is O=C1CN(C(=O)C2CCCC2)c2ccccc2N1. The maximum absolute atomic E-state index is 12.5. The Kier molecular flexibility index (Phi) is 2.78. The van der Waals surface area contributed by atoms with Crippen LogP contribution >= 0.6 is 0 Å². The molecule has 1 aromatic carbocycles. The Morgan fingerprint density at radius 3 is 2.72 bits per heavy atom. The van der Waals surface area contributed by atoms with Crippen molar-refractivity contribution in [3.8, 4) is 0 Å². The molecule has 2 amide bonds. The third-order valence-electron chi connectivity index (χ3n) is 3.74. The summed E-state index contributed by atoms with van der Waals surface area (Å²) in [6.07, 6.45) is 4.16. The monoisotopic (exact) mass is 244 g/mol. The number of nitrogens with one attached hydrogen (secondary N) is 1. The van der Waals surface area contributed by atoms with Gasteiger partial charge in [0.25, 0.3) is 0 Å². The van der Waals surface area contributed by atoms with Gasteiger partial charge in [-0.25, -0.2) is 0 Å². The number of fused-ring (bicyclic) bond motifs is 1. The Balaban J connectivity index is 1.92. The molecule has 0 aromatic heterocycles. The summed E-state index contributed by atoms with van der Waals surface area (Å²) in [7, 11) is 0. The van der Waals surface area contributed by atoms with Crippen molar-refractivity contribution in [1.82, 2.24) is 0 Å². The normalized spacial score (nSPS) is 19.6. The Hall–Kier alpha value is -1.84. The van der Waals surface area contributed by atoms with E-state index in [-0.39, 0.29) is 24.3 Å². The minimum absolute atomic E-state index is 0.101. The smallest absolute Gasteiger partial charge is 0.244 e. The zero-order chi connectivity index (χ0) is 12.5. The highest BCUT2D eigenvalue weighted by molar-refractivity contribution is 6.10. The van der Waals surface area contributed by atoms with E-state index in [1.54, 1.807) is 4.90 Å². The molecular weight excluding hydrogens is 228 g/mol. The molecule has 4 heteroatoms. The van der Waals surface area contributed by atoms with Gasteiger partial charge in [-0.05, 0) is 25.0 Å². The van der Waals surface area contributed by atoms with Crippen molar-refractivity contribution >= 4 is 23.2 Å². The molecule has 94 valence electrons. The average molecular weight is 244 g/mol. The molecule has 1 aliphatic heterocycles. The summed E-state index contributed by atoms with van der Waals surface area (Å²) in [6, 6.07) is 7.48. The van der Waals surface area contributed by atoms with Crippen LogP contribution in [0.5, 0.6) is 0 Å². The number of carbonyl (C=O) groups excluding carboxylic acids is 2. The van der Waals surface area contributed by atoms with Gasteiger partial charge in [-0.3, -0.25) is 9.59 Å². The van der Waals surface area contributed by atoms with Gasteiger partial charge in [0.2, 0.25) is 11.8 Å². The van der Waals surface area contributed by atoms with Gasteiger partial charge in [-0.1, -0.05) is 25.0 Å². The quantitative estimate of drug-likeness (QED) is 0.823. The van der Waals surface area contributed by atoms with Crippen molar-refractivity contribution < 1.29 is 9.59 Å². The molecule has 4 nitrogen and oxygen atoms in total. The number of nitrogens with zero attached hydrogens (tertiary/aromatic N) is 1. The summed E-state index contributed by atoms with van der Waals surface area (Å²) >= 11 is 0. The standard InChI is InChI=1S/C14H16N2O2/c17-13-9-16(14(18)10-5-1-2-6-10)12-8-4-3-7-11(12)15-13/h3-4,7-8,10H,1-2,5-6,9H2,(H,15,17). The Morgan fingerprint density at radius 2 is 1.94 bits per heavy atom. The minimum atomic E-state index is -0.111. The summed E-state index contributed by atoms with van der Waals surface area (Å²) < 4.78 is 0.